The molecular formula is C34H77N3O3. The predicted molar refractivity (Wildman–Crippen MR) is 182 cm³/mol. The van der Waals surface area contributed by atoms with E-state index in [0.717, 1.165) is 38.0 Å². The number of nitrogens with one attached hydrogen (secondary N) is 1. The lowest BCUT2D eigenvalue weighted by atomic mass is 9.95. The van der Waals surface area contributed by atoms with Gasteiger partial charge in [0.25, 0.3) is 0 Å². The SMILES string of the molecule is C/C=C(C)\C(NC(O)CN(C)CC)=C(/CC)C(C)C.CC.CCC.CCCCCCN(C)CCCCO.COC. The van der Waals surface area contributed by atoms with E-state index < -0.39 is 6.23 Å². The zero-order valence-corrected chi connectivity index (χ0v) is 30.1. The lowest BCUT2D eigenvalue weighted by molar-refractivity contribution is 0.107. The molecule has 0 saturated heterocycles. The maximum absolute atomic E-state index is 10.2. The van der Waals surface area contributed by atoms with Crippen LogP contribution in [0.4, 0.5) is 0 Å². The van der Waals surface area contributed by atoms with E-state index in [1.807, 2.05) is 27.8 Å². The van der Waals surface area contributed by atoms with Gasteiger partial charge in [-0.25, -0.2) is 0 Å². The van der Waals surface area contributed by atoms with Crippen LogP contribution in [0, 0.1) is 5.92 Å². The van der Waals surface area contributed by atoms with E-state index in [1.165, 1.54) is 49.8 Å². The number of allylic oxidation sites excluding steroid dienone is 3. The molecule has 0 saturated carbocycles. The van der Waals surface area contributed by atoms with Gasteiger partial charge >= 0.3 is 0 Å². The van der Waals surface area contributed by atoms with E-state index in [4.69, 9.17) is 5.11 Å². The largest absolute Gasteiger partial charge is 0.396 e. The van der Waals surface area contributed by atoms with E-state index in [1.54, 1.807) is 14.2 Å². The number of aliphatic hydroxyl groups excluding tert-OH is 2. The Hall–Kier alpha value is -0.920. The van der Waals surface area contributed by atoms with Gasteiger partial charge in [0.2, 0.25) is 0 Å². The van der Waals surface area contributed by atoms with Gasteiger partial charge in [-0.15, -0.1) is 0 Å². The first-order valence-electron chi connectivity index (χ1n) is 16.2. The van der Waals surface area contributed by atoms with Crippen LogP contribution in [0.25, 0.3) is 0 Å². The molecule has 1 atom stereocenters. The van der Waals surface area contributed by atoms with E-state index in [-0.39, 0.29) is 0 Å². The van der Waals surface area contributed by atoms with Crippen molar-refractivity contribution in [2.75, 3.05) is 61.1 Å². The number of aliphatic hydroxyl groups is 2. The van der Waals surface area contributed by atoms with E-state index in [0.29, 0.717) is 19.1 Å². The Morgan fingerprint density at radius 3 is 1.70 bits per heavy atom. The van der Waals surface area contributed by atoms with Crippen LogP contribution < -0.4 is 5.32 Å². The second kappa shape index (κ2) is 40.2. The Morgan fingerprint density at radius 1 is 0.875 bits per heavy atom. The maximum atomic E-state index is 10.2. The second-order valence-electron chi connectivity index (χ2n) is 10.3. The molecule has 6 nitrogen and oxygen atoms in total. The quantitative estimate of drug-likeness (QED) is 0.0925. The smallest absolute Gasteiger partial charge is 0.137 e. The molecule has 0 heterocycles. The zero-order valence-electron chi connectivity index (χ0n) is 30.1. The monoisotopic (exact) mass is 576 g/mol. The second-order valence-corrected chi connectivity index (χ2v) is 10.3. The van der Waals surface area contributed by atoms with Crippen LogP contribution in [0.1, 0.15) is 128 Å². The molecule has 0 rings (SSSR count). The molecule has 246 valence electrons. The molecule has 0 fully saturated rings. The van der Waals surface area contributed by atoms with Crippen LogP contribution in [0.2, 0.25) is 0 Å². The normalized spacial score (nSPS) is 12.2. The predicted octanol–water partition coefficient (Wildman–Crippen LogP) is 8.11. The van der Waals surface area contributed by atoms with Gasteiger partial charge in [0.1, 0.15) is 6.23 Å². The van der Waals surface area contributed by atoms with Crippen molar-refractivity contribution < 1.29 is 14.9 Å². The Balaban J connectivity index is -0.000000168. The van der Waals surface area contributed by atoms with Gasteiger partial charge in [-0.2, -0.15) is 0 Å². The molecule has 0 spiro atoms. The molecule has 0 bridgehead atoms. The van der Waals surface area contributed by atoms with Crippen molar-refractivity contribution in [2.45, 2.75) is 134 Å². The molecule has 0 aliphatic rings. The first kappa shape index (κ1) is 48.8. The number of methoxy groups -OCH3 is 1. The number of ether oxygens (including phenoxy) is 1. The molecule has 0 aliphatic heterocycles. The average molecular weight is 576 g/mol. The van der Waals surface area contributed by atoms with Crippen molar-refractivity contribution in [3.63, 3.8) is 0 Å². The summed E-state index contributed by atoms with van der Waals surface area (Å²) < 4.78 is 4.25. The van der Waals surface area contributed by atoms with Gasteiger partial charge in [-0.1, -0.05) is 94.1 Å². The Bertz CT molecular complexity index is 521. The fourth-order valence-corrected chi connectivity index (χ4v) is 3.53. The Morgan fingerprint density at radius 2 is 1.35 bits per heavy atom. The van der Waals surface area contributed by atoms with Gasteiger partial charge in [0, 0.05) is 33.1 Å². The standard InChI is InChI=1S/C16H32N2O.C11H25NO.C3H8.C2H6O.C2H6/c1-8-13(6)16(14(9-2)12(4)5)17-15(19)11-18(7)10-3;1-3-4-5-6-9-12(2)10-7-8-11-13;2*1-3-2;1-2/h8,12,15,17,19H,9-11H2,1-7H3;13H,3-11H2,1-2H3;3H2,1-2H3;1-2H3;1-2H3/b13-8-,16-14-;;;;. The van der Waals surface area contributed by atoms with Crippen molar-refractivity contribution >= 4 is 0 Å². The van der Waals surface area contributed by atoms with Crippen molar-refractivity contribution in [3.8, 4) is 0 Å². The maximum Gasteiger partial charge on any atom is 0.137 e. The van der Waals surface area contributed by atoms with Crippen molar-refractivity contribution in [1.29, 1.82) is 0 Å². The third kappa shape index (κ3) is 37.1. The molecule has 3 N–H and O–H groups in total. The third-order valence-electron chi connectivity index (χ3n) is 5.90. The Kier molecular flexibility index (Phi) is 49.1. The summed E-state index contributed by atoms with van der Waals surface area (Å²) in [6, 6.07) is 0. The van der Waals surface area contributed by atoms with Crippen molar-refractivity contribution in [1.82, 2.24) is 15.1 Å². The van der Waals surface area contributed by atoms with Gasteiger partial charge in [-0.3, -0.25) is 0 Å². The fourth-order valence-electron chi connectivity index (χ4n) is 3.53. The van der Waals surface area contributed by atoms with Crippen LogP contribution >= 0.6 is 0 Å². The molecule has 0 aliphatic carbocycles. The molecule has 1 unspecified atom stereocenters. The van der Waals surface area contributed by atoms with Crippen LogP contribution in [0.5, 0.6) is 0 Å². The van der Waals surface area contributed by atoms with Crippen molar-refractivity contribution in [3.05, 3.63) is 22.9 Å². The summed E-state index contributed by atoms with van der Waals surface area (Å²) >= 11 is 0. The molecular weight excluding hydrogens is 498 g/mol. The minimum atomic E-state index is -0.532. The number of hydrogen-bond acceptors (Lipinski definition) is 6. The Labute approximate surface area is 253 Å². The highest BCUT2D eigenvalue weighted by molar-refractivity contribution is 5.33. The number of rotatable bonds is 17. The van der Waals surface area contributed by atoms with Gasteiger partial charge in [0.15, 0.2) is 0 Å². The number of likely N-dealkylation sites (N-methyl/N-ethyl adjacent to an activating group) is 1. The van der Waals surface area contributed by atoms with E-state index in [9.17, 15) is 5.11 Å². The fraction of sp³-hybridized carbons (Fsp3) is 0.882. The summed E-state index contributed by atoms with van der Waals surface area (Å²) in [6.45, 7) is 27.5. The highest BCUT2D eigenvalue weighted by atomic mass is 16.4. The van der Waals surface area contributed by atoms with Crippen LogP contribution in [0.15, 0.2) is 22.9 Å². The van der Waals surface area contributed by atoms with Crippen LogP contribution in [0.3, 0.4) is 0 Å². The molecule has 0 radical (unpaired) electrons. The summed E-state index contributed by atoms with van der Waals surface area (Å²) in [6.07, 6.45) is 11.2. The lowest BCUT2D eigenvalue weighted by Crippen LogP contribution is -2.39. The summed E-state index contributed by atoms with van der Waals surface area (Å²) in [7, 11) is 7.43. The van der Waals surface area contributed by atoms with Gasteiger partial charge in [0.05, 0.1) is 0 Å². The molecule has 0 aromatic carbocycles. The summed E-state index contributed by atoms with van der Waals surface area (Å²) in [5.41, 5.74) is 3.68. The third-order valence-corrected chi connectivity index (χ3v) is 5.90. The van der Waals surface area contributed by atoms with E-state index in [2.05, 4.69) is 88.4 Å². The summed E-state index contributed by atoms with van der Waals surface area (Å²) in [5.74, 6) is 0.485. The molecule has 0 aromatic rings. The van der Waals surface area contributed by atoms with Crippen molar-refractivity contribution in [2.24, 2.45) is 5.92 Å². The molecule has 0 aromatic heterocycles. The molecule has 0 amide bonds. The number of unbranched alkanes of at least 4 members (excludes halogenated alkanes) is 4. The highest BCUT2D eigenvalue weighted by Gasteiger charge is 2.14. The average Bonchev–Trinajstić information content (AvgIpc) is 2.92. The summed E-state index contributed by atoms with van der Waals surface area (Å²) in [5, 5.41) is 22.1. The van der Waals surface area contributed by atoms with Gasteiger partial charge < -0.3 is 30.1 Å². The number of nitrogens with zero attached hydrogens (tertiary/aromatic N) is 2. The summed E-state index contributed by atoms with van der Waals surface area (Å²) in [4.78, 5) is 4.46. The van der Waals surface area contributed by atoms with Gasteiger partial charge in [-0.05, 0) is 90.3 Å². The van der Waals surface area contributed by atoms with E-state index >= 15 is 0 Å². The molecule has 40 heavy (non-hydrogen) atoms. The highest BCUT2D eigenvalue weighted by Crippen LogP contribution is 2.22. The van der Waals surface area contributed by atoms with Crippen LogP contribution in [-0.4, -0.2) is 87.3 Å². The number of hydrogen-bond donors (Lipinski definition) is 3. The minimum Gasteiger partial charge on any atom is -0.396 e. The zero-order chi connectivity index (χ0) is 32.4. The minimum absolute atomic E-state index is 0.337. The van der Waals surface area contributed by atoms with Crippen LogP contribution in [-0.2, 0) is 4.74 Å². The topological polar surface area (TPSA) is 68.2 Å². The lowest BCUT2D eigenvalue weighted by Gasteiger charge is -2.25. The molecule has 6 heteroatoms. The first-order valence-corrected chi connectivity index (χ1v) is 16.2. The first-order chi connectivity index (χ1) is 19.0.